The number of carboxylic acid groups (broad SMARTS) is 1. The minimum atomic E-state index is -0.909. The highest BCUT2D eigenvalue weighted by atomic mass is 19.1. The summed E-state index contributed by atoms with van der Waals surface area (Å²) in [6, 6.07) is 14.9. The second-order valence-electron chi connectivity index (χ2n) is 4.90. The summed E-state index contributed by atoms with van der Waals surface area (Å²) in [4.78, 5) is 11.5. The van der Waals surface area contributed by atoms with Crippen LogP contribution in [0, 0.1) is 5.82 Å². The van der Waals surface area contributed by atoms with Crippen molar-refractivity contribution in [3.05, 3.63) is 71.7 Å². The Kier molecular flexibility index (Phi) is 3.44. The predicted molar refractivity (Wildman–Crippen MR) is 76.7 cm³/mol. The highest BCUT2D eigenvalue weighted by Crippen LogP contribution is 2.26. The van der Waals surface area contributed by atoms with Crippen LogP contribution in [-0.2, 0) is 11.2 Å². The maximum absolute atomic E-state index is 13.2. The molecule has 106 valence electrons. The van der Waals surface area contributed by atoms with Crippen LogP contribution in [0.2, 0.25) is 0 Å². The Balaban J connectivity index is 1.93. The molecule has 0 fully saturated rings. The van der Waals surface area contributed by atoms with E-state index in [2.05, 4.69) is 0 Å². The number of carboxylic acids is 1. The Morgan fingerprint density at radius 3 is 2.62 bits per heavy atom. The van der Waals surface area contributed by atoms with Gasteiger partial charge in [-0.2, -0.15) is 0 Å². The number of aliphatic carboxylic acids is 1. The number of rotatable bonds is 4. The van der Waals surface area contributed by atoms with Crippen molar-refractivity contribution in [2.75, 3.05) is 0 Å². The van der Waals surface area contributed by atoms with E-state index < -0.39 is 11.9 Å². The van der Waals surface area contributed by atoms with Crippen molar-refractivity contribution in [3.63, 3.8) is 0 Å². The van der Waals surface area contributed by atoms with E-state index in [-0.39, 0.29) is 12.2 Å². The first-order chi connectivity index (χ1) is 10.1. The third-order valence-electron chi connectivity index (χ3n) is 3.43. The molecule has 21 heavy (non-hydrogen) atoms. The first kappa shape index (κ1) is 13.4. The molecule has 1 heterocycles. The molecule has 3 aromatic rings. The fourth-order valence-corrected chi connectivity index (χ4v) is 2.40. The molecule has 1 aromatic heterocycles. The van der Waals surface area contributed by atoms with Gasteiger partial charge in [0.2, 0.25) is 0 Å². The van der Waals surface area contributed by atoms with Crippen molar-refractivity contribution >= 4 is 16.9 Å². The monoisotopic (exact) mass is 284 g/mol. The number of hydrogen-bond donors (Lipinski definition) is 1. The Bertz CT molecular complexity index is 777. The van der Waals surface area contributed by atoms with Crippen LogP contribution in [0.25, 0.3) is 11.0 Å². The van der Waals surface area contributed by atoms with Crippen molar-refractivity contribution < 1.29 is 18.7 Å². The summed E-state index contributed by atoms with van der Waals surface area (Å²) in [6.45, 7) is 0. The Hall–Kier alpha value is -2.62. The molecule has 0 saturated carbocycles. The number of carbonyl (C=O) groups is 1. The number of fused-ring (bicyclic) bond motifs is 1. The van der Waals surface area contributed by atoms with Gasteiger partial charge in [-0.25, -0.2) is 4.39 Å². The van der Waals surface area contributed by atoms with Crippen LogP contribution in [-0.4, -0.2) is 11.1 Å². The van der Waals surface area contributed by atoms with Crippen molar-refractivity contribution in [1.82, 2.24) is 0 Å². The van der Waals surface area contributed by atoms with E-state index in [1.807, 2.05) is 6.07 Å². The van der Waals surface area contributed by atoms with Crippen molar-refractivity contribution in [2.24, 2.45) is 0 Å². The van der Waals surface area contributed by atoms with Crippen molar-refractivity contribution in [1.29, 1.82) is 0 Å². The third-order valence-corrected chi connectivity index (χ3v) is 3.43. The average Bonchev–Trinajstić information content (AvgIpc) is 2.87. The fourth-order valence-electron chi connectivity index (χ4n) is 2.40. The molecule has 0 bridgehead atoms. The van der Waals surface area contributed by atoms with Gasteiger partial charge < -0.3 is 9.52 Å². The first-order valence-electron chi connectivity index (χ1n) is 6.59. The molecule has 1 unspecified atom stereocenters. The van der Waals surface area contributed by atoms with Crippen LogP contribution in [0.15, 0.2) is 59.0 Å². The maximum Gasteiger partial charge on any atom is 0.311 e. The van der Waals surface area contributed by atoms with E-state index in [9.17, 15) is 14.3 Å². The lowest BCUT2D eigenvalue weighted by atomic mass is 9.95. The molecule has 0 radical (unpaired) electrons. The highest BCUT2D eigenvalue weighted by molar-refractivity contribution is 5.79. The van der Waals surface area contributed by atoms with Gasteiger partial charge in [0.15, 0.2) is 0 Å². The summed E-state index contributed by atoms with van der Waals surface area (Å²) in [6.07, 6.45) is 0.232. The van der Waals surface area contributed by atoms with Gasteiger partial charge in [0, 0.05) is 11.8 Å². The minimum absolute atomic E-state index is 0.232. The number of hydrogen-bond acceptors (Lipinski definition) is 2. The zero-order valence-corrected chi connectivity index (χ0v) is 11.1. The molecule has 3 nitrogen and oxygen atoms in total. The SMILES string of the molecule is O=C(O)C(Cc1cc2cc(F)ccc2o1)c1ccccc1. The summed E-state index contributed by atoms with van der Waals surface area (Å²) >= 11 is 0. The van der Waals surface area contributed by atoms with Crippen LogP contribution < -0.4 is 0 Å². The number of halogens is 1. The summed E-state index contributed by atoms with van der Waals surface area (Å²) in [5.41, 5.74) is 1.28. The molecule has 1 atom stereocenters. The lowest BCUT2D eigenvalue weighted by molar-refractivity contribution is -0.138. The summed E-state index contributed by atoms with van der Waals surface area (Å²) in [5, 5.41) is 10.0. The van der Waals surface area contributed by atoms with Crippen LogP contribution in [0.5, 0.6) is 0 Å². The largest absolute Gasteiger partial charge is 0.481 e. The van der Waals surface area contributed by atoms with E-state index >= 15 is 0 Å². The van der Waals surface area contributed by atoms with Crippen LogP contribution in [0.1, 0.15) is 17.2 Å². The molecule has 0 amide bonds. The molecule has 0 aliphatic carbocycles. The van der Waals surface area contributed by atoms with Gasteiger partial charge in [-0.1, -0.05) is 30.3 Å². The molecule has 0 aliphatic rings. The smallest absolute Gasteiger partial charge is 0.311 e. The molecule has 4 heteroatoms. The summed E-state index contributed by atoms with van der Waals surface area (Å²) in [5.74, 6) is -1.40. The van der Waals surface area contributed by atoms with E-state index in [0.29, 0.717) is 16.7 Å². The predicted octanol–water partition coefficient (Wildman–Crippen LogP) is 3.98. The maximum atomic E-state index is 13.2. The fraction of sp³-hybridized carbons (Fsp3) is 0.118. The average molecular weight is 284 g/mol. The molecule has 2 aromatic carbocycles. The Labute approximate surface area is 120 Å². The zero-order valence-electron chi connectivity index (χ0n) is 11.1. The van der Waals surface area contributed by atoms with E-state index in [0.717, 1.165) is 5.56 Å². The molecule has 0 aliphatic heterocycles. The standard InChI is InChI=1S/C17H13FO3/c18-13-6-7-16-12(8-13)9-14(21-16)10-15(17(19)20)11-4-2-1-3-5-11/h1-9,15H,10H2,(H,19,20). The summed E-state index contributed by atoms with van der Waals surface area (Å²) < 4.78 is 18.8. The van der Waals surface area contributed by atoms with Gasteiger partial charge in [-0.05, 0) is 29.8 Å². The molecule has 0 spiro atoms. The van der Waals surface area contributed by atoms with Crippen LogP contribution in [0.3, 0.4) is 0 Å². The van der Waals surface area contributed by atoms with E-state index in [4.69, 9.17) is 4.42 Å². The van der Waals surface area contributed by atoms with E-state index in [1.165, 1.54) is 12.1 Å². The lowest BCUT2D eigenvalue weighted by Gasteiger charge is -2.10. The van der Waals surface area contributed by atoms with Gasteiger partial charge in [0.05, 0.1) is 5.92 Å². The second kappa shape index (κ2) is 5.40. The molecule has 1 N–H and O–H groups in total. The van der Waals surface area contributed by atoms with Gasteiger partial charge in [0.25, 0.3) is 0 Å². The van der Waals surface area contributed by atoms with E-state index in [1.54, 1.807) is 36.4 Å². The third kappa shape index (κ3) is 2.79. The van der Waals surface area contributed by atoms with Crippen molar-refractivity contribution in [2.45, 2.75) is 12.3 Å². The Morgan fingerprint density at radius 1 is 1.14 bits per heavy atom. The van der Waals surface area contributed by atoms with Gasteiger partial charge in [-0.3, -0.25) is 4.79 Å². The van der Waals surface area contributed by atoms with Crippen LogP contribution >= 0.6 is 0 Å². The first-order valence-corrected chi connectivity index (χ1v) is 6.59. The van der Waals surface area contributed by atoms with Crippen LogP contribution in [0.4, 0.5) is 4.39 Å². The lowest BCUT2D eigenvalue weighted by Crippen LogP contribution is -2.14. The number of benzene rings is 2. The topological polar surface area (TPSA) is 50.4 Å². The molecule has 0 saturated heterocycles. The Morgan fingerprint density at radius 2 is 1.90 bits per heavy atom. The molecule has 3 rings (SSSR count). The van der Waals surface area contributed by atoms with Gasteiger partial charge in [-0.15, -0.1) is 0 Å². The van der Waals surface area contributed by atoms with Gasteiger partial charge >= 0.3 is 5.97 Å². The second-order valence-corrected chi connectivity index (χ2v) is 4.90. The zero-order chi connectivity index (χ0) is 14.8. The normalized spacial score (nSPS) is 12.4. The minimum Gasteiger partial charge on any atom is -0.481 e. The molecular formula is C17H13FO3. The van der Waals surface area contributed by atoms with Crippen molar-refractivity contribution in [3.8, 4) is 0 Å². The highest BCUT2D eigenvalue weighted by Gasteiger charge is 2.22. The number of furan rings is 1. The quantitative estimate of drug-likeness (QED) is 0.788. The molecular weight excluding hydrogens is 271 g/mol. The summed E-state index contributed by atoms with van der Waals surface area (Å²) in [7, 11) is 0. The van der Waals surface area contributed by atoms with Gasteiger partial charge in [0.1, 0.15) is 17.2 Å².